The van der Waals surface area contributed by atoms with Gasteiger partial charge in [0.05, 0.1) is 11.6 Å². The summed E-state index contributed by atoms with van der Waals surface area (Å²) >= 11 is 0. The van der Waals surface area contributed by atoms with Crippen LogP contribution in [0.3, 0.4) is 0 Å². The molecule has 0 aliphatic carbocycles. The van der Waals surface area contributed by atoms with Gasteiger partial charge in [0.25, 0.3) is 5.91 Å². The number of carbonyl (C=O) groups excluding carboxylic acids is 1. The number of para-hydroxylation sites is 1. The molecule has 2 aliphatic rings. The fraction of sp³-hybridized carbons (Fsp3) is 0.385. The van der Waals surface area contributed by atoms with Gasteiger partial charge in [-0.3, -0.25) is 9.78 Å². The van der Waals surface area contributed by atoms with E-state index in [1.54, 1.807) is 4.90 Å². The van der Waals surface area contributed by atoms with Crippen molar-refractivity contribution < 1.29 is 9.90 Å². The molecular formula is C26H29N3O2. The summed E-state index contributed by atoms with van der Waals surface area (Å²) in [6.45, 7) is 3.15. The van der Waals surface area contributed by atoms with Crippen LogP contribution in [-0.4, -0.2) is 53.2 Å². The Morgan fingerprint density at radius 2 is 1.74 bits per heavy atom. The quantitative estimate of drug-likeness (QED) is 0.702. The van der Waals surface area contributed by atoms with Crippen LogP contribution in [0.25, 0.3) is 10.9 Å². The Bertz CT molecular complexity index is 1050. The van der Waals surface area contributed by atoms with E-state index in [2.05, 4.69) is 28.1 Å². The SMILES string of the molecule is O=C(c1ccc(N2CCCCC2)cc1)N1C[C@@H](Cc2ccnc3ccccc23)[C@@H](O)C1. The zero-order chi connectivity index (χ0) is 21.2. The summed E-state index contributed by atoms with van der Waals surface area (Å²) in [5.41, 5.74) is 4.03. The lowest BCUT2D eigenvalue weighted by Gasteiger charge is -2.29. The number of nitrogens with zero attached hydrogens (tertiary/aromatic N) is 3. The van der Waals surface area contributed by atoms with E-state index in [1.807, 2.05) is 42.6 Å². The Hall–Kier alpha value is -2.92. The Labute approximate surface area is 183 Å². The lowest BCUT2D eigenvalue weighted by atomic mass is 9.94. The smallest absolute Gasteiger partial charge is 0.253 e. The van der Waals surface area contributed by atoms with E-state index in [0.717, 1.165) is 30.4 Å². The number of likely N-dealkylation sites (tertiary alicyclic amines) is 1. The van der Waals surface area contributed by atoms with Crippen LogP contribution in [0.1, 0.15) is 35.2 Å². The number of hydrogen-bond donors (Lipinski definition) is 1. The molecule has 1 N–H and O–H groups in total. The van der Waals surface area contributed by atoms with Crippen molar-refractivity contribution in [3.63, 3.8) is 0 Å². The third-order valence-electron chi connectivity index (χ3n) is 6.75. The minimum absolute atomic E-state index is 0.00586. The van der Waals surface area contributed by atoms with Gasteiger partial charge in [0, 0.05) is 54.9 Å². The zero-order valence-electron chi connectivity index (χ0n) is 17.8. The van der Waals surface area contributed by atoms with E-state index in [1.165, 1.54) is 30.5 Å². The number of rotatable bonds is 4. The first-order chi connectivity index (χ1) is 15.2. The molecule has 0 bridgehead atoms. The number of β-amino-alcohol motifs (C(OH)–C–C–N with tert-alkyl or cyclic N) is 1. The van der Waals surface area contributed by atoms with Crippen LogP contribution >= 0.6 is 0 Å². The molecule has 2 aliphatic heterocycles. The molecule has 31 heavy (non-hydrogen) atoms. The molecular weight excluding hydrogens is 386 g/mol. The van der Waals surface area contributed by atoms with Gasteiger partial charge in [0.15, 0.2) is 0 Å². The normalized spacial score (nSPS) is 21.6. The summed E-state index contributed by atoms with van der Waals surface area (Å²) in [5.74, 6) is 0.0358. The van der Waals surface area contributed by atoms with Crippen LogP contribution in [0.15, 0.2) is 60.8 Å². The maximum Gasteiger partial charge on any atom is 0.253 e. The average Bonchev–Trinajstić information content (AvgIpc) is 3.19. The van der Waals surface area contributed by atoms with Gasteiger partial charge >= 0.3 is 0 Å². The summed E-state index contributed by atoms with van der Waals surface area (Å²) in [7, 11) is 0. The lowest BCUT2D eigenvalue weighted by Crippen LogP contribution is -2.30. The van der Waals surface area contributed by atoms with Crippen molar-refractivity contribution in [1.29, 1.82) is 0 Å². The number of carbonyl (C=O) groups is 1. The summed E-state index contributed by atoms with van der Waals surface area (Å²) in [4.78, 5) is 21.7. The Morgan fingerprint density at radius 1 is 0.968 bits per heavy atom. The predicted octanol–water partition coefficient (Wildman–Crippen LogP) is 3.90. The molecule has 160 valence electrons. The molecule has 3 heterocycles. The van der Waals surface area contributed by atoms with Crippen LogP contribution < -0.4 is 4.90 Å². The lowest BCUT2D eigenvalue weighted by molar-refractivity contribution is 0.0764. The molecule has 5 nitrogen and oxygen atoms in total. The van der Waals surface area contributed by atoms with E-state index in [9.17, 15) is 9.90 Å². The summed E-state index contributed by atoms with van der Waals surface area (Å²) in [5, 5.41) is 11.8. The second-order valence-electron chi connectivity index (χ2n) is 8.82. The molecule has 1 aromatic heterocycles. The van der Waals surface area contributed by atoms with Crippen molar-refractivity contribution in [3.8, 4) is 0 Å². The van der Waals surface area contributed by atoms with Crippen molar-refractivity contribution in [2.45, 2.75) is 31.8 Å². The monoisotopic (exact) mass is 415 g/mol. The molecule has 0 saturated carbocycles. The fourth-order valence-corrected chi connectivity index (χ4v) is 4.99. The molecule has 2 atom stereocenters. The molecule has 0 unspecified atom stereocenters. The van der Waals surface area contributed by atoms with E-state index >= 15 is 0 Å². The first kappa shape index (κ1) is 20.0. The van der Waals surface area contributed by atoms with E-state index in [4.69, 9.17) is 0 Å². The maximum absolute atomic E-state index is 13.1. The third-order valence-corrected chi connectivity index (χ3v) is 6.75. The van der Waals surface area contributed by atoms with Gasteiger partial charge in [0.1, 0.15) is 0 Å². The maximum atomic E-state index is 13.1. The first-order valence-electron chi connectivity index (χ1n) is 11.3. The van der Waals surface area contributed by atoms with Crippen molar-refractivity contribution in [2.24, 2.45) is 5.92 Å². The molecule has 5 heteroatoms. The second kappa shape index (κ2) is 8.67. The van der Waals surface area contributed by atoms with E-state index in [0.29, 0.717) is 18.7 Å². The van der Waals surface area contributed by atoms with Crippen LogP contribution in [0.4, 0.5) is 5.69 Å². The number of piperidine rings is 1. The van der Waals surface area contributed by atoms with Crippen molar-refractivity contribution in [3.05, 3.63) is 71.9 Å². The highest BCUT2D eigenvalue weighted by atomic mass is 16.3. The van der Waals surface area contributed by atoms with Crippen LogP contribution in [-0.2, 0) is 6.42 Å². The Balaban J connectivity index is 1.27. The fourth-order valence-electron chi connectivity index (χ4n) is 4.99. The largest absolute Gasteiger partial charge is 0.391 e. The highest BCUT2D eigenvalue weighted by molar-refractivity contribution is 5.94. The molecule has 0 spiro atoms. The number of fused-ring (bicyclic) bond motifs is 1. The predicted molar refractivity (Wildman–Crippen MR) is 123 cm³/mol. The van der Waals surface area contributed by atoms with Gasteiger partial charge in [0.2, 0.25) is 0 Å². The molecule has 1 amide bonds. The number of aliphatic hydroxyl groups excluding tert-OH is 1. The van der Waals surface area contributed by atoms with Crippen molar-refractivity contribution in [2.75, 3.05) is 31.1 Å². The standard InChI is InChI=1S/C26H29N3O2/c30-25-18-29(17-21(25)16-20-12-13-27-24-7-3-2-6-23(20)24)26(31)19-8-10-22(11-9-19)28-14-4-1-5-15-28/h2-3,6-13,21,25,30H,1,4-5,14-18H2/t21-,25+/m1/s1. The van der Waals surface area contributed by atoms with Gasteiger partial charge in [-0.1, -0.05) is 18.2 Å². The number of aliphatic hydroxyl groups is 1. The van der Waals surface area contributed by atoms with Crippen LogP contribution in [0, 0.1) is 5.92 Å². The Kier molecular flexibility index (Phi) is 5.60. The van der Waals surface area contributed by atoms with Gasteiger partial charge in [-0.2, -0.15) is 0 Å². The Morgan fingerprint density at radius 3 is 2.55 bits per heavy atom. The molecule has 0 radical (unpaired) electrons. The van der Waals surface area contributed by atoms with Gasteiger partial charge < -0.3 is 14.9 Å². The summed E-state index contributed by atoms with van der Waals surface area (Å²) in [6, 6.07) is 18.1. The topological polar surface area (TPSA) is 56.7 Å². The average molecular weight is 416 g/mol. The summed E-state index contributed by atoms with van der Waals surface area (Å²) < 4.78 is 0. The molecule has 2 aromatic carbocycles. The third kappa shape index (κ3) is 4.15. The van der Waals surface area contributed by atoms with Gasteiger partial charge in [-0.05, 0) is 67.6 Å². The summed E-state index contributed by atoms with van der Waals surface area (Å²) in [6.07, 6.45) is 5.83. The van der Waals surface area contributed by atoms with Crippen LogP contribution in [0.2, 0.25) is 0 Å². The van der Waals surface area contributed by atoms with Crippen molar-refractivity contribution >= 4 is 22.5 Å². The molecule has 2 saturated heterocycles. The molecule has 2 fully saturated rings. The zero-order valence-corrected chi connectivity index (χ0v) is 17.8. The number of pyridine rings is 1. The number of aromatic nitrogens is 1. The van der Waals surface area contributed by atoms with E-state index in [-0.39, 0.29) is 11.8 Å². The molecule has 3 aromatic rings. The number of hydrogen-bond acceptors (Lipinski definition) is 4. The van der Waals surface area contributed by atoms with Gasteiger partial charge in [-0.25, -0.2) is 0 Å². The van der Waals surface area contributed by atoms with Gasteiger partial charge in [-0.15, -0.1) is 0 Å². The number of amides is 1. The van der Waals surface area contributed by atoms with E-state index < -0.39 is 6.10 Å². The minimum Gasteiger partial charge on any atom is -0.391 e. The van der Waals surface area contributed by atoms with Crippen molar-refractivity contribution in [1.82, 2.24) is 9.88 Å². The highest BCUT2D eigenvalue weighted by Crippen LogP contribution is 2.27. The number of benzene rings is 2. The first-order valence-corrected chi connectivity index (χ1v) is 11.3. The molecule has 5 rings (SSSR count). The number of anilines is 1. The highest BCUT2D eigenvalue weighted by Gasteiger charge is 2.34. The second-order valence-corrected chi connectivity index (χ2v) is 8.82. The van der Waals surface area contributed by atoms with Crippen LogP contribution in [0.5, 0.6) is 0 Å². The minimum atomic E-state index is -0.511.